The Morgan fingerprint density at radius 1 is 1.33 bits per heavy atom. The van der Waals surface area contributed by atoms with Crippen LogP contribution in [0, 0.1) is 0 Å². The van der Waals surface area contributed by atoms with Crippen LogP contribution in [0.2, 0.25) is 5.02 Å². The highest BCUT2D eigenvalue weighted by Gasteiger charge is 2.13. The summed E-state index contributed by atoms with van der Waals surface area (Å²) >= 11 is 7.61. The van der Waals surface area contributed by atoms with Gasteiger partial charge in [0.25, 0.3) is 0 Å². The Bertz CT molecular complexity index is 495. The molecular formula is C14H16ClNOS. The number of nitrogens with one attached hydrogen (secondary N) is 1. The first-order chi connectivity index (χ1) is 8.72. The third-order valence-corrected chi connectivity index (χ3v) is 4.15. The lowest BCUT2D eigenvalue weighted by atomic mass is 10.0. The van der Waals surface area contributed by atoms with Gasteiger partial charge in [-0.15, -0.1) is 11.3 Å². The van der Waals surface area contributed by atoms with Gasteiger partial charge in [-0.25, -0.2) is 0 Å². The first kappa shape index (κ1) is 13.4. The summed E-state index contributed by atoms with van der Waals surface area (Å²) in [4.78, 5) is 1.28. The molecule has 0 aliphatic carbocycles. The highest BCUT2D eigenvalue weighted by Crippen LogP contribution is 2.29. The molecule has 4 heteroatoms. The van der Waals surface area contributed by atoms with Gasteiger partial charge < -0.3 is 10.1 Å². The molecule has 1 aromatic carbocycles. The van der Waals surface area contributed by atoms with Crippen LogP contribution < -0.4 is 10.1 Å². The second-order valence-electron chi connectivity index (χ2n) is 4.06. The molecule has 2 rings (SSSR count). The van der Waals surface area contributed by atoms with Gasteiger partial charge in [0.15, 0.2) is 0 Å². The van der Waals surface area contributed by atoms with E-state index in [0.29, 0.717) is 6.04 Å². The predicted molar refractivity (Wildman–Crippen MR) is 77.8 cm³/mol. The van der Waals surface area contributed by atoms with E-state index in [9.17, 15) is 0 Å². The molecule has 2 nitrogen and oxygen atoms in total. The molecule has 0 bridgehead atoms. The summed E-state index contributed by atoms with van der Waals surface area (Å²) in [7, 11) is 3.67. The number of ether oxygens (including phenoxy) is 1. The molecule has 0 saturated heterocycles. The monoisotopic (exact) mass is 281 g/mol. The average Bonchev–Trinajstić information content (AvgIpc) is 2.87. The molecule has 0 fully saturated rings. The fourth-order valence-corrected chi connectivity index (χ4v) is 2.92. The second-order valence-corrected chi connectivity index (χ2v) is 5.44. The molecule has 18 heavy (non-hydrogen) atoms. The van der Waals surface area contributed by atoms with Crippen LogP contribution >= 0.6 is 22.9 Å². The van der Waals surface area contributed by atoms with E-state index in [1.165, 1.54) is 10.4 Å². The number of rotatable bonds is 5. The molecule has 1 aromatic heterocycles. The summed E-state index contributed by atoms with van der Waals surface area (Å²) in [5.74, 6) is 0.923. The van der Waals surface area contributed by atoms with Gasteiger partial charge in [-0.2, -0.15) is 0 Å². The molecule has 0 spiro atoms. The van der Waals surface area contributed by atoms with Crippen molar-refractivity contribution in [3.05, 3.63) is 51.2 Å². The maximum Gasteiger partial charge on any atom is 0.129 e. The van der Waals surface area contributed by atoms with Crippen LogP contribution in [0.1, 0.15) is 16.5 Å². The average molecular weight is 282 g/mol. The van der Waals surface area contributed by atoms with Crippen molar-refractivity contribution in [1.29, 1.82) is 0 Å². The van der Waals surface area contributed by atoms with Crippen molar-refractivity contribution < 1.29 is 4.74 Å². The number of halogens is 1. The number of benzene rings is 1. The number of methoxy groups -OCH3 is 1. The van der Waals surface area contributed by atoms with Gasteiger partial charge in [-0.3, -0.25) is 0 Å². The summed E-state index contributed by atoms with van der Waals surface area (Å²) in [6.07, 6.45) is 0.942. The Morgan fingerprint density at radius 3 is 2.61 bits per heavy atom. The Labute approximate surface area is 117 Å². The number of likely N-dealkylation sites (N-methyl/N-ethyl adjacent to an activating group) is 1. The van der Waals surface area contributed by atoms with Crippen LogP contribution in [-0.2, 0) is 6.42 Å². The largest absolute Gasteiger partial charge is 0.496 e. The summed E-state index contributed by atoms with van der Waals surface area (Å²) < 4.78 is 5.22. The molecule has 2 aromatic rings. The Kier molecular flexibility index (Phi) is 4.64. The lowest BCUT2D eigenvalue weighted by Crippen LogP contribution is -2.17. The molecule has 96 valence electrons. The van der Waals surface area contributed by atoms with E-state index in [-0.39, 0.29) is 0 Å². The Balaban J connectivity index is 2.11. The fourth-order valence-electron chi connectivity index (χ4n) is 1.83. The normalized spacial score (nSPS) is 12.4. The van der Waals surface area contributed by atoms with E-state index in [2.05, 4.69) is 23.5 Å². The SMILES string of the molecule is CNC(Cc1ccc(Cl)cc1)c1cc(OC)cs1. The lowest BCUT2D eigenvalue weighted by molar-refractivity contribution is 0.416. The second kappa shape index (κ2) is 6.23. The quantitative estimate of drug-likeness (QED) is 0.897. The molecule has 0 radical (unpaired) electrons. The minimum Gasteiger partial charge on any atom is -0.496 e. The molecule has 0 amide bonds. The summed E-state index contributed by atoms with van der Waals surface area (Å²) in [5.41, 5.74) is 1.27. The molecule has 0 aliphatic rings. The van der Waals surface area contributed by atoms with E-state index >= 15 is 0 Å². The third kappa shape index (κ3) is 3.25. The number of hydrogen-bond donors (Lipinski definition) is 1. The van der Waals surface area contributed by atoms with Gasteiger partial charge >= 0.3 is 0 Å². The Hall–Kier alpha value is -1.03. The number of hydrogen-bond acceptors (Lipinski definition) is 3. The van der Waals surface area contributed by atoms with E-state index in [0.717, 1.165) is 17.2 Å². The smallest absolute Gasteiger partial charge is 0.129 e. The molecule has 1 N–H and O–H groups in total. The summed E-state index contributed by atoms with van der Waals surface area (Å²) in [6, 6.07) is 10.4. The third-order valence-electron chi connectivity index (χ3n) is 2.88. The zero-order valence-electron chi connectivity index (χ0n) is 10.4. The van der Waals surface area contributed by atoms with E-state index in [4.69, 9.17) is 16.3 Å². The van der Waals surface area contributed by atoms with Gasteiger partial charge in [0, 0.05) is 21.3 Å². The maximum absolute atomic E-state index is 5.89. The maximum atomic E-state index is 5.89. The molecule has 0 saturated carbocycles. The van der Waals surface area contributed by atoms with Gasteiger partial charge in [-0.05, 0) is 37.2 Å². The highest BCUT2D eigenvalue weighted by atomic mass is 35.5. The predicted octanol–water partition coefficient (Wildman–Crippen LogP) is 3.91. The van der Waals surface area contributed by atoms with Crippen LogP contribution in [-0.4, -0.2) is 14.2 Å². The van der Waals surface area contributed by atoms with Gasteiger partial charge in [0.2, 0.25) is 0 Å². The van der Waals surface area contributed by atoms with E-state index < -0.39 is 0 Å². The Morgan fingerprint density at radius 2 is 2.06 bits per heavy atom. The first-order valence-corrected chi connectivity index (χ1v) is 7.03. The molecular weight excluding hydrogens is 266 g/mol. The lowest BCUT2D eigenvalue weighted by Gasteiger charge is -2.14. The molecule has 0 aliphatic heterocycles. The fraction of sp³-hybridized carbons (Fsp3) is 0.286. The van der Waals surface area contributed by atoms with Crippen LogP contribution in [0.3, 0.4) is 0 Å². The summed E-state index contributed by atoms with van der Waals surface area (Å²) in [6.45, 7) is 0. The molecule has 1 atom stereocenters. The van der Waals surface area contributed by atoms with Crippen molar-refractivity contribution in [2.24, 2.45) is 0 Å². The molecule has 1 heterocycles. The summed E-state index contributed by atoms with van der Waals surface area (Å²) in [5, 5.41) is 6.15. The van der Waals surface area contributed by atoms with Crippen molar-refractivity contribution in [2.45, 2.75) is 12.5 Å². The van der Waals surface area contributed by atoms with Crippen LogP contribution in [0.25, 0.3) is 0 Å². The van der Waals surface area contributed by atoms with Crippen molar-refractivity contribution in [3.8, 4) is 5.75 Å². The first-order valence-electron chi connectivity index (χ1n) is 5.77. The number of thiophene rings is 1. The van der Waals surface area contributed by atoms with Gasteiger partial charge in [0.05, 0.1) is 7.11 Å². The van der Waals surface area contributed by atoms with Gasteiger partial charge in [-0.1, -0.05) is 23.7 Å². The van der Waals surface area contributed by atoms with E-state index in [1.54, 1.807) is 18.4 Å². The highest BCUT2D eigenvalue weighted by molar-refractivity contribution is 7.10. The van der Waals surface area contributed by atoms with Crippen LogP contribution in [0.5, 0.6) is 5.75 Å². The zero-order valence-corrected chi connectivity index (χ0v) is 12.0. The van der Waals surface area contributed by atoms with Gasteiger partial charge in [0.1, 0.15) is 5.75 Å². The van der Waals surface area contributed by atoms with Crippen LogP contribution in [0.15, 0.2) is 35.7 Å². The molecule has 1 unspecified atom stereocenters. The van der Waals surface area contributed by atoms with E-state index in [1.807, 2.05) is 24.6 Å². The van der Waals surface area contributed by atoms with Crippen LogP contribution in [0.4, 0.5) is 0 Å². The standard InChI is InChI=1S/C14H16ClNOS/c1-16-13(14-8-12(17-2)9-18-14)7-10-3-5-11(15)6-4-10/h3-6,8-9,13,16H,7H2,1-2H3. The van der Waals surface area contributed by atoms with Crippen molar-refractivity contribution in [3.63, 3.8) is 0 Å². The topological polar surface area (TPSA) is 21.3 Å². The van der Waals surface area contributed by atoms with Crippen molar-refractivity contribution in [1.82, 2.24) is 5.32 Å². The van der Waals surface area contributed by atoms with Crippen molar-refractivity contribution >= 4 is 22.9 Å². The minimum absolute atomic E-state index is 0.306. The van der Waals surface area contributed by atoms with Crippen molar-refractivity contribution in [2.75, 3.05) is 14.2 Å². The zero-order chi connectivity index (χ0) is 13.0. The minimum atomic E-state index is 0.306.